The van der Waals surface area contributed by atoms with Crippen LogP contribution < -0.4 is 5.32 Å². The zero-order valence-electron chi connectivity index (χ0n) is 15.8. The van der Waals surface area contributed by atoms with E-state index in [9.17, 15) is 0 Å². The van der Waals surface area contributed by atoms with Crippen molar-refractivity contribution >= 4 is 40.6 Å². The molecule has 7 heteroatoms. The van der Waals surface area contributed by atoms with Gasteiger partial charge in [0.25, 0.3) is 0 Å². The normalized spacial score (nSPS) is 23.2. The summed E-state index contributed by atoms with van der Waals surface area (Å²) in [6, 6.07) is 18.1. The van der Waals surface area contributed by atoms with Crippen LogP contribution in [0.15, 0.2) is 70.8 Å². The average molecular weight is 424 g/mol. The first-order valence-corrected chi connectivity index (χ1v) is 10.3. The Morgan fingerprint density at radius 2 is 1.83 bits per heavy atom. The maximum absolute atomic E-state index is 6.34. The van der Waals surface area contributed by atoms with E-state index in [-0.39, 0.29) is 18.0 Å². The van der Waals surface area contributed by atoms with Crippen molar-refractivity contribution in [3.8, 4) is 0 Å². The number of benzene rings is 2. The Balaban J connectivity index is 1.54. The van der Waals surface area contributed by atoms with Crippen molar-refractivity contribution < 1.29 is 0 Å². The third-order valence-electron chi connectivity index (χ3n) is 5.52. The number of nitrogens with one attached hydrogen (secondary N) is 1. The first kappa shape index (κ1) is 18.4. The molecule has 2 aliphatic heterocycles. The van der Waals surface area contributed by atoms with E-state index in [4.69, 9.17) is 33.2 Å². The summed E-state index contributed by atoms with van der Waals surface area (Å²) >= 11 is 12.5. The molecular formula is C22H19Cl2N5. The maximum atomic E-state index is 6.34. The molecule has 2 aliphatic rings. The second kappa shape index (κ2) is 7.32. The van der Waals surface area contributed by atoms with Crippen molar-refractivity contribution in [2.45, 2.75) is 19.0 Å². The number of aromatic nitrogens is 2. The van der Waals surface area contributed by atoms with Crippen molar-refractivity contribution in [1.82, 2.24) is 15.1 Å². The second-order valence-electron chi connectivity index (χ2n) is 7.32. The van der Waals surface area contributed by atoms with Gasteiger partial charge in [0.1, 0.15) is 5.84 Å². The summed E-state index contributed by atoms with van der Waals surface area (Å²) in [4.78, 5) is 9.65. The largest absolute Gasteiger partial charge is 0.365 e. The quantitative estimate of drug-likeness (QED) is 0.625. The Hall–Kier alpha value is -2.63. The van der Waals surface area contributed by atoms with Gasteiger partial charge in [-0.1, -0.05) is 59.6 Å². The number of hydrogen-bond acceptors (Lipinski definition) is 4. The predicted octanol–water partition coefficient (Wildman–Crippen LogP) is 5.24. The number of fused-ring (bicyclic) bond motifs is 1. The predicted molar refractivity (Wildman–Crippen MR) is 118 cm³/mol. The lowest BCUT2D eigenvalue weighted by Crippen LogP contribution is -2.41. The summed E-state index contributed by atoms with van der Waals surface area (Å²) in [5.41, 5.74) is 3.24. The van der Waals surface area contributed by atoms with Gasteiger partial charge >= 0.3 is 0 Å². The molecule has 0 radical (unpaired) electrons. The van der Waals surface area contributed by atoms with Crippen LogP contribution in [-0.4, -0.2) is 27.9 Å². The molecule has 3 atom stereocenters. The molecule has 0 aliphatic carbocycles. The summed E-state index contributed by atoms with van der Waals surface area (Å²) in [6.07, 6.45) is 1.77. The summed E-state index contributed by atoms with van der Waals surface area (Å²) in [5, 5.41) is 9.24. The third kappa shape index (κ3) is 3.24. The van der Waals surface area contributed by atoms with Crippen LogP contribution in [0.4, 0.5) is 5.82 Å². The van der Waals surface area contributed by atoms with Gasteiger partial charge in [-0.15, -0.1) is 0 Å². The average Bonchev–Trinajstić information content (AvgIpc) is 3.39. The highest BCUT2D eigenvalue weighted by Gasteiger charge is 2.39. The molecule has 0 amide bonds. The number of rotatable bonds is 3. The number of aliphatic imine (C=N–C) groups is 2. The summed E-state index contributed by atoms with van der Waals surface area (Å²) < 4.78 is 1.94. The molecule has 1 aromatic heterocycles. The van der Waals surface area contributed by atoms with Gasteiger partial charge in [0.05, 0.1) is 40.8 Å². The summed E-state index contributed by atoms with van der Waals surface area (Å²) in [6.45, 7) is 2.74. The van der Waals surface area contributed by atoms with Crippen LogP contribution in [0.2, 0.25) is 10.0 Å². The maximum Gasteiger partial charge on any atom is 0.150 e. The lowest BCUT2D eigenvalue weighted by atomic mass is 9.87. The lowest BCUT2D eigenvalue weighted by Gasteiger charge is -2.32. The smallest absolute Gasteiger partial charge is 0.150 e. The molecular weight excluding hydrogens is 405 g/mol. The molecule has 5 nitrogen and oxygen atoms in total. The molecule has 3 unspecified atom stereocenters. The fraction of sp³-hybridized carbons (Fsp3) is 0.227. The SMILES string of the molecule is CC1=Nc2ccnn2C(c2ccc(Cl)c(Cl)c2)C1C1=NCC(c2ccccc2)N1. The number of nitrogens with zero attached hydrogens (tertiary/aromatic N) is 4. The van der Waals surface area contributed by atoms with Gasteiger partial charge in [0.15, 0.2) is 5.82 Å². The summed E-state index contributed by atoms with van der Waals surface area (Å²) in [5.74, 6) is 1.69. The van der Waals surface area contributed by atoms with Crippen LogP contribution in [0.25, 0.3) is 0 Å². The Labute approximate surface area is 179 Å². The molecule has 2 aromatic carbocycles. The molecule has 0 fully saturated rings. The zero-order valence-corrected chi connectivity index (χ0v) is 17.3. The molecule has 1 N–H and O–H groups in total. The summed E-state index contributed by atoms with van der Waals surface area (Å²) in [7, 11) is 0. The van der Waals surface area contributed by atoms with Crippen LogP contribution in [0, 0.1) is 5.92 Å². The number of amidine groups is 1. The molecule has 146 valence electrons. The minimum absolute atomic E-state index is 0.0617. The van der Waals surface area contributed by atoms with Crippen molar-refractivity contribution in [3.05, 3.63) is 82.0 Å². The number of hydrogen-bond donors (Lipinski definition) is 1. The highest BCUT2D eigenvalue weighted by atomic mass is 35.5. The van der Waals surface area contributed by atoms with Crippen LogP contribution >= 0.6 is 23.2 Å². The highest BCUT2D eigenvalue weighted by Crippen LogP contribution is 2.39. The Bertz CT molecular complexity index is 1120. The van der Waals surface area contributed by atoms with Gasteiger partial charge in [-0.3, -0.25) is 4.99 Å². The lowest BCUT2D eigenvalue weighted by molar-refractivity contribution is 0.479. The molecule has 3 aromatic rings. The van der Waals surface area contributed by atoms with E-state index in [1.54, 1.807) is 6.20 Å². The molecule has 0 spiro atoms. The van der Waals surface area contributed by atoms with Crippen LogP contribution in [0.1, 0.15) is 30.1 Å². The first-order valence-electron chi connectivity index (χ1n) is 9.51. The van der Waals surface area contributed by atoms with Gasteiger partial charge in [0.2, 0.25) is 0 Å². The Kier molecular flexibility index (Phi) is 4.64. The van der Waals surface area contributed by atoms with Gasteiger partial charge in [-0.05, 0) is 30.2 Å². The standard InChI is InChI=1S/C22H19Cl2N5/c1-13-20(22-25-12-18(28-22)14-5-3-2-4-6-14)21(29-19(27-13)9-10-26-29)15-7-8-16(23)17(24)11-15/h2-11,18,20-21H,12H2,1H3,(H,25,28). The van der Waals surface area contributed by atoms with E-state index in [0.29, 0.717) is 16.6 Å². The van der Waals surface area contributed by atoms with Crippen molar-refractivity contribution in [3.63, 3.8) is 0 Å². The molecule has 3 heterocycles. The monoisotopic (exact) mass is 423 g/mol. The molecule has 29 heavy (non-hydrogen) atoms. The number of halogens is 2. The minimum Gasteiger partial charge on any atom is -0.365 e. The van der Waals surface area contributed by atoms with E-state index < -0.39 is 0 Å². The van der Waals surface area contributed by atoms with E-state index in [2.05, 4.69) is 34.7 Å². The van der Waals surface area contributed by atoms with Crippen LogP contribution in [-0.2, 0) is 0 Å². The van der Waals surface area contributed by atoms with E-state index in [1.807, 2.05) is 41.9 Å². The first-order chi connectivity index (χ1) is 14.1. The van der Waals surface area contributed by atoms with E-state index in [0.717, 1.165) is 22.9 Å². The van der Waals surface area contributed by atoms with Crippen LogP contribution in [0.3, 0.4) is 0 Å². The van der Waals surface area contributed by atoms with E-state index in [1.165, 1.54) is 5.56 Å². The van der Waals surface area contributed by atoms with Gasteiger partial charge in [-0.2, -0.15) is 5.10 Å². The van der Waals surface area contributed by atoms with Crippen molar-refractivity contribution in [1.29, 1.82) is 0 Å². The zero-order chi connectivity index (χ0) is 20.0. The topological polar surface area (TPSA) is 54.6 Å². The van der Waals surface area contributed by atoms with Crippen molar-refractivity contribution in [2.24, 2.45) is 15.9 Å². The van der Waals surface area contributed by atoms with E-state index >= 15 is 0 Å². The highest BCUT2D eigenvalue weighted by molar-refractivity contribution is 6.42. The fourth-order valence-corrected chi connectivity index (χ4v) is 4.44. The van der Waals surface area contributed by atoms with Gasteiger partial charge in [-0.25, -0.2) is 9.67 Å². The minimum atomic E-state index is -0.104. The Morgan fingerprint density at radius 1 is 1.00 bits per heavy atom. The van der Waals surface area contributed by atoms with Gasteiger partial charge < -0.3 is 5.32 Å². The third-order valence-corrected chi connectivity index (χ3v) is 6.26. The second-order valence-corrected chi connectivity index (χ2v) is 8.13. The fourth-order valence-electron chi connectivity index (χ4n) is 4.13. The molecule has 0 bridgehead atoms. The van der Waals surface area contributed by atoms with Crippen molar-refractivity contribution in [2.75, 3.05) is 6.54 Å². The van der Waals surface area contributed by atoms with Gasteiger partial charge in [0, 0.05) is 11.8 Å². The molecule has 0 saturated carbocycles. The Morgan fingerprint density at radius 3 is 2.62 bits per heavy atom. The van der Waals surface area contributed by atoms with Crippen LogP contribution in [0.5, 0.6) is 0 Å². The molecule has 0 saturated heterocycles. The molecule has 5 rings (SSSR count).